The number of amides is 2. The highest BCUT2D eigenvalue weighted by Crippen LogP contribution is 2.38. The molecule has 4 rings (SSSR count). The summed E-state index contributed by atoms with van der Waals surface area (Å²) < 4.78 is 0. The molecule has 154 valence electrons. The summed E-state index contributed by atoms with van der Waals surface area (Å²) in [6, 6.07) is 12.8. The van der Waals surface area contributed by atoms with Gasteiger partial charge >= 0.3 is 0 Å². The maximum Gasteiger partial charge on any atom is 0.230 e. The minimum atomic E-state index is -0.512. The second kappa shape index (κ2) is 8.31. The van der Waals surface area contributed by atoms with E-state index >= 15 is 0 Å². The van der Waals surface area contributed by atoms with Gasteiger partial charge in [-0.25, -0.2) is 0 Å². The van der Waals surface area contributed by atoms with Crippen molar-refractivity contribution in [2.45, 2.75) is 38.5 Å². The highest BCUT2D eigenvalue weighted by molar-refractivity contribution is 7.13. The number of hydrogen-bond donors (Lipinski definition) is 0. The summed E-state index contributed by atoms with van der Waals surface area (Å²) in [6.07, 6.45) is 5.76. The van der Waals surface area contributed by atoms with E-state index in [-0.39, 0.29) is 17.7 Å². The lowest BCUT2D eigenvalue weighted by Gasteiger charge is -2.31. The molecule has 0 N–H and O–H groups in total. The Morgan fingerprint density at radius 2 is 1.86 bits per heavy atom. The lowest BCUT2D eigenvalue weighted by molar-refractivity contribution is -0.140. The molecule has 1 unspecified atom stereocenters. The van der Waals surface area contributed by atoms with E-state index < -0.39 is 5.41 Å². The first-order chi connectivity index (χ1) is 14.0. The van der Waals surface area contributed by atoms with Gasteiger partial charge in [0, 0.05) is 38.0 Å². The van der Waals surface area contributed by atoms with E-state index in [9.17, 15) is 9.59 Å². The molecular weight excluding hydrogens is 380 g/mol. The molecule has 0 radical (unpaired) electrons. The van der Waals surface area contributed by atoms with Gasteiger partial charge in [0.15, 0.2) is 0 Å². The standard InChI is InChI=1S/C24H30N2O2S/c1-25(2)23(28)24(13-14-26(17-24)22(27)20-6-3-4-7-20)16-18-9-11-19(12-10-18)21-8-5-15-29-21/h5,8-12,15,20H,3-4,6-7,13-14,16-17H2,1-2H3. The summed E-state index contributed by atoms with van der Waals surface area (Å²) in [6.45, 7) is 1.24. The van der Waals surface area contributed by atoms with Crippen molar-refractivity contribution < 1.29 is 9.59 Å². The maximum absolute atomic E-state index is 13.2. The van der Waals surface area contributed by atoms with Crippen molar-refractivity contribution in [1.29, 1.82) is 0 Å². The van der Waals surface area contributed by atoms with Gasteiger partial charge in [-0.2, -0.15) is 0 Å². The summed E-state index contributed by atoms with van der Waals surface area (Å²) in [5.41, 5.74) is 1.86. The molecule has 1 aliphatic carbocycles. The largest absolute Gasteiger partial charge is 0.348 e. The molecular formula is C24H30N2O2S. The Balaban J connectivity index is 1.53. The number of rotatable bonds is 5. The predicted molar refractivity (Wildman–Crippen MR) is 118 cm³/mol. The molecule has 2 fully saturated rings. The summed E-state index contributed by atoms with van der Waals surface area (Å²) in [7, 11) is 3.65. The fraction of sp³-hybridized carbons (Fsp3) is 0.500. The van der Waals surface area contributed by atoms with Gasteiger partial charge in [0.1, 0.15) is 0 Å². The van der Waals surface area contributed by atoms with Crippen LogP contribution in [0.15, 0.2) is 41.8 Å². The van der Waals surface area contributed by atoms with Gasteiger partial charge < -0.3 is 9.80 Å². The van der Waals surface area contributed by atoms with E-state index in [0.717, 1.165) is 37.7 Å². The van der Waals surface area contributed by atoms with Gasteiger partial charge in [-0.1, -0.05) is 43.2 Å². The second-order valence-electron chi connectivity index (χ2n) is 8.82. The van der Waals surface area contributed by atoms with Crippen molar-refractivity contribution in [2.24, 2.45) is 11.3 Å². The van der Waals surface area contributed by atoms with Gasteiger partial charge in [-0.05, 0) is 48.3 Å². The Morgan fingerprint density at radius 3 is 2.48 bits per heavy atom. The minimum absolute atomic E-state index is 0.140. The Morgan fingerprint density at radius 1 is 1.14 bits per heavy atom. The molecule has 1 saturated heterocycles. The number of benzene rings is 1. The van der Waals surface area contributed by atoms with E-state index in [1.807, 2.05) is 19.0 Å². The minimum Gasteiger partial charge on any atom is -0.348 e. The van der Waals surface area contributed by atoms with Crippen LogP contribution in [-0.2, 0) is 16.0 Å². The third-order valence-electron chi connectivity index (χ3n) is 6.53. The van der Waals surface area contributed by atoms with Gasteiger partial charge in [0.2, 0.25) is 11.8 Å². The highest BCUT2D eigenvalue weighted by atomic mass is 32.1. The molecule has 1 aromatic carbocycles. The average molecular weight is 411 g/mol. The summed E-state index contributed by atoms with van der Waals surface area (Å²) in [4.78, 5) is 31.1. The van der Waals surface area contributed by atoms with Crippen molar-refractivity contribution in [2.75, 3.05) is 27.2 Å². The van der Waals surface area contributed by atoms with Crippen LogP contribution in [0.2, 0.25) is 0 Å². The highest BCUT2D eigenvalue weighted by Gasteiger charge is 2.47. The first-order valence-corrected chi connectivity index (χ1v) is 11.5. The molecule has 1 saturated carbocycles. The third kappa shape index (κ3) is 4.11. The number of thiophene rings is 1. The van der Waals surface area contributed by atoms with E-state index in [1.54, 1.807) is 16.2 Å². The number of hydrogen-bond acceptors (Lipinski definition) is 3. The van der Waals surface area contributed by atoms with Crippen LogP contribution in [0.3, 0.4) is 0 Å². The molecule has 2 aromatic rings. The van der Waals surface area contributed by atoms with Crippen LogP contribution in [0.4, 0.5) is 0 Å². The zero-order valence-corrected chi connectivity index (χ0v) is 18.2. The van der Waals surface area contributed by atoms with Gasteiger partial charge in [0.25, 0.3) is 0 Å². The molecule has 2 amide bonds. The number of nitrogens with zero attached hydrogens (tertiary/aromatic N) is 2. The zero-order chi connectivity index (χ0) is 20.4. The SMILES string of the molecule is CN(C)C(=O)C1(Cc2ccc(-c3cccs3)cc2)CCN(C(=O)C2CCCC2)C1. The van der Waals surface area contributed by atoms with Crippen molar-refractivity contribution in [3.05, 3.63) is 47.3 Å². The molecule has 4 nitrogen and oxygen atoms in total. The molecule has 2 heterocycles. The fourth-order valence-electron chi connectivity index (χ4n) is 4.98. The van der Waals surface area contributed by atoms with E-state index in [1.165, 1.54) is 10.4 Å². The fourth-order valence-corrected chi connectivity index (χ4v) is 5.71. The first kappa shape index (κ1) is 20.1. The molecule has 0 spiro atoms. The average Bonchev–Trinajstić information content (AvgIpc) is 3.49. The Bertz CT molecular complexity index is 854. The van der Waals surface area contributed by atoms with Crippen LogP contribution >= 0.6 is 11.3 Å². The number of likely N-dealkylation sites (tertiary alicyclic amines) is 1. The van der Waals surface area contributed by atoms with Gasteiger partial charge in [0.05, 0.1) is 5.41 Å². The monoisotopic (exact) mass is 410 g/mol. The Labute approximate surface area is 177 Å². The van der Waals surface area contributed by atoms with E-state index in [0.29, 0.717) is 19.5 Å². The molecule has 1 atom stereocenters. The first-order valence-electron chi connectivity index (χ1n) is 10.6. The normalized spacial score (nSPS) is 22.2. The van der Waals surface area contributed by atoms with Crippen LogP contribution in [0.25, 0.3) is 10.4 Å². The van der Waals surface area contributed by atoms with Crippen molar-refractivity contribution in [3.63, 3.8) is 0 Å². The number of carbonyl (C=O) groups is 2. The van der Waals surface area contributed by atoms with Gasteiger partial charge in [-0.15, -0.1) is 11.3 Å². The molecule has 29 heavy (non-hydrogen) atoms. The smallest absolute Gasteiger partial charge is 0.230 e. The van der Waals surface area contributed by atoms with Crippen molar-refractivity contribution in [3.8, 4) is 10.4 Å². The summed E-state index contributed by atoms with van der Waals surface area (Å²) in [5.74, 6) is 0.580. The topological polar surface area (TPSA) is 40.6 Å². The molecule has 5 heteroatoms. The molecule has 0 bridgehead atoms. The Hall–Kier alpha value is -2.14. The molecule has 2 aliphatic rings. The van der Waals surface area contributed by atoms with Crippen LogP contribution in [0.5, 0.6) is 0 Å². The zero-order valence-electron chi connectivity index (χ0n) is 17.4. The van der Waals surface area contributed by atoms with Crippen LogP contribution < -0.4 is 0 Å². The van der Waals surface area contributed by atoms with Crippen molar-refractivity contribution in [1.82, 2.24) is 9.80 Å². The molecule has 1 aromatic heterocycles. The summed E-state index contributed by atoms with van der Waals surface area (Å²) in [5, 5.41) is 2.09. The van der Waals surface area contributed by atoms with Gasteiger partial charge in [-0.3, -0.25) is 9.59 Å². The Kier molecular flexibility index (Phi) is 5.77. The van der Waals surface area contributed by atoms with Crippen molar-refractivity contribution >= 4 is 23.2 Å². The van der Waals surface area contributed by atoms with Crippen LogP contribution in [0, 0.1) is 11.3 Å². The van der Waals surface area contributed by atoms with E-state index in [4.69, 9.17) is 0 Å². The van der Waals surface area contributed by atoms with Crippen LogP contribution in [-0.4, -0.2) is 48.8 Å². The van der Waals surface area contributed by atoms with Crippen LogP contribution in [0.1, 0.15) is 37.7 Å². The lowest BCUT2D eigenvalue weighted by Crippen LogP contribution is -2.45. The summed E-state index contributed by atoms with van der Waals surface area (Å²) >= 11 is 1.73. The second-order valence-corrected chi connectivity index (χ2v) is 9.77. The van der Waals surface area contributed by atoms with E-state index in [2.05, 4.69) is 41.8 Å². The quantitative estimate of drug-likeness (QED) is 0.730. The molecule has 1 aliphatic heterocycles. The lowest BCUT2D eigenvalue weighted by atomic mass is 9.79. The number of carbonyl (C=O) groups excluding carboxylic acids is 2. The third-order valence-corrected chi connectivity index (χ3v) is 7.45. The maximum atomic E-state index is 13.2. The predicted octanol–water partition coefficient (Wildman–Crippen LogP) is 4.45.